The first-order valence-corrected chi connectivity index (χ1v) is 5.11. The Labute approximate surface area is 113 Å². The summed E-state index contributed by atoms with van der Waals surface area (Å²) in [6.07, 6.45) is 5.11. The number of hydrogen-bond acceptors (Lipinski definition) is 2. The fourth-order valence-electron chi connectivity index (χ4n) is 1.70. The van der Waals surface area contributed by atoms with Gasteiger partial charge in [0, 0.05) is 44.4 Å². The topological polar surface area (TPSA) is 25.8 Å². The Morgan fingerprint density at radius 3 is 2.65 bits per heavy atom. The molecule has 2 aromatic carbocycles. The molecule has 1 radical (unpaired) electrons. The van der Waals surface area contributed by atoms with Crippen molar-refractivity contribution in [2.24, 2.45) is 0 Å². The van der Waals surface area contributed by atoms with Gasteiger partial charge in [-0.05, 0) is 0 Å². The molecule has 0 atom stereocenters. The van der Waals surface area contributed by atoms with Gasteiger partial charge in [-0.15, -0.1) is 29.7 Å². The van der Waals surface area contributed by atoms with Gasteiger partial charge in [0.2, 0.25) is 0 Å². The zero-order chi connectivity index (χ0) is 10.8. The molecule has 0 saturated heterocycles. The van der Waals surface area contributed by atoms with Crippen LogP contribution in [0.3, 0.4) is 0 Å². The van der Waals surface area contributed by atoms with E-state index < -0.39 is 0 Å². The third-order valence-electron chi connectivity index (χ3n) is 2.50. The summed E-state index contributed by atoms with van der Waals surface area (Å²) >= 11 is 0. The second-order valence-electron chi connectivity index (χ2n) is 3.55. The summed E-state index contributed by atoms with van der Waals surface area (Å²) in [6.45, 7) is 0. The smallest absolute Gasteiger partial charge is 0.0436 e. The van der Waals surface area contributed by atoms with E-state index >= 15 is 0 Å². The molecule has 0 aliphatic heterocycles. The molecule has 0 aliphatic carbocycles. The second-order valence-corrected chi connectivity index (χ2v) is 3.55. The van der Waals surface area contributed by atoms with Gasteiger partial charge in [-0.1, -0.05) is 29.1 Å². The predicted molar refractivity (Wildman–Crippen MR) is 63.8 cm³/mol. The van der Waals surface area contributed by atoms with Crippen molar-refractivity contribution in [3.63, 3.8) is 0 Å². The van der Waals surface area contributed by atoms with E-state index in [4.69, 9.17) is 0 Å². The van der Waals surface area contributed by atoms with Crippen LogP contribution in [0.15, 0.2) is 55.0 Å². The number of benzene rings is 2. The number of nitrogens with zero attached hydrogens (tertiary/aromatic N) is 2. The van der Waals surface area contributed by atoms with Crippen LogP contribution in [0, 0.1) is 6.07 Å². The monoisotopic (exact) mass is 398 g/mol. The minimum Gasteiger partial charge on any atom is -0.292 e. The van der Waals surface area contributed by atoms with E-state index in [9.17, 15) is 0 Å². The molecule has 0 saturated carbocycles. The summed E-state index contributed by atoms with van der Waals surface area (Å²) < 4.78 is 0. The molecule has 0 bridgehead atoms. The molecule has 0 fully saturated rings. The van der Waals surface area contributed by atoms with Crippen LogP contribution in [-0.4, -0.2) is 9.97 Å². The van der Waals surface area contributed by atoms with Crippen LogP contribution >= 0.6 is 0 Å². The van der Waals surface area contributed by atoms with Gasteiger partial charge >= 0.3 is 0 Å². The van der Waals surface area contributed by atoms with E-state index in [2.05, 4.69) is 34.2 Å². The summed E-state index contributed by atoms with van der Waals surface area (Å²) in [5.74, 6) is 0. The average molecular weight is 397 g/mol. The predicted octanol–water partition coefficient (Wildman–Crippen LogP) is 3.09. The molecule has 17 heavy (non-hydrogen) atoms. The van der Waals surface area contributed by atoms with Crippen molar-refractivity contribution in [3.05, 3.63) is 61.1 Å². The molecular weight excluding hydrogens is 388 g/mol. The fraction of sp³-hybridized carbons (Fsp3) is 0. The first kappa shape index (κ1) is 11.9. The first-order valence-electron chi connectivity index (χ1n) is 5.11. The van der Waals surface area contributed by atoms with Gasteiger partial charge in [0.25, 0.3) is 0 Å². The second kappa shape index (κ2) is 5.17. The van der Waals surface area contributed by atoms with Crippen molar-refractivity contribution >= 4 is 10.8 Å². The minimum absolute atomic E-state index is 0. The van der Waals surface area contributed by atoms with Crippen LogP contribution in [0.5, 0.6) is 0 Å². The van der Waals surface area contributed by atoms with Gasteiger partial charge in [-0.2, -0.15) is 0 Å². The summed E-state index contributed by atoms with van der Waals surface area (Å²) in [7, 11) is 0. The summed E-state index contributed by atoms with van der Waals surface area (Å²) in [4.78, 5) is 8.32. The quantitative estimate of drug-likeness (QED) is 0.590. The van der Waals surface area contributed by atoms with Crippen molar-refractivity contribution in [1.82, 2.24) is 9.97 Å². The Hall–Kier alpha value is -1.57. The molecule has 3 aromatic rings. The van der Waals surface area contributed by atoms with Crippen LogP contribution in [0.2, 0.25) is 0 Å². The van der Waals surface area contributed by atoms with Gasteiger partial charge < -0.3 is 0 Å². The van der Waals surface area contributed by atoms with Gasteiger partial charge in [-0.25, -0.2) is 0 Å². The maximum absolute atomic E-state index is 4.26. The normalized spacial score (nSPS) is 9.88. The molecule has 85 valence electrons. The Kier molecular flexibility index (Phi) is 3.62. The van der Waals surface area contributed by atoms with Crippen molar-refractivity contribution in [2.45, 2.75) is 0 Å². The first-order chi connectivity index (χ1) is 7.93. The van der Waals surface area contributed by atoms with E-state index in [0.717, 1.165) is 16.6 Å². The van der Waals surface area contributed by atoms with Crippen molar-refractivity contribution in [3.8, 4) is 11.3 Å². The minimum atomic E-state index is 0. The molecule has 0 amide bonds. The zero-order valence-electron chi connectivity index (χ0n) is 8.92. The van der Waals surface area contributed by atoms with E-state index in [1.54, 1.807) is 18.6 Å². The molecule has 3 heteroatoms. The van der Waals surface area contributed by atoms with Crippen LogP contribution in [0.1, 0.15) is 0 Å². The van der Waals surface area contributed by atoms with Crippen LogP contribution in [0.4, 0.5) is 0 Å². The van der Waals surface area contributed by atoms with Gasteiger partial charge in [-0.3, -0.25) is 9.97 Å². The molecule has 1 aromatic heterocycles. The summed E-state index contributed by atoms with van der Waals surface area (Å²) in [6, 6.07) is 15.6. The maximum atomic E-state index is 4.26. The molecule has 1 heterocycles. The van der Waals surface area contributed by atoms with E-state index in [-0.39, 0.29) is 20.1 Å². The van der Waals surface area contributed by atoms with Crippen molar-refractivity contribution < 1.29 is 20.1 Å². The molecule has 3 rings (SSSR count). The number of hydrogen-bond donors (Lipinski definition) is 0. The summed E-state index contributed by atoms with van der Waals surface area (Å²) in [5, 5.41) is 2.29. The zero-order valence-corrected chi connectivity index (χ0v) is 11.3. The van der Waals surface area contributed by atoms with Gasteiger partial charge in [0.15, 0.2) is 0 Å². The van der Waals surface area contributed by atoms with Crippen molar-refractivity contribution in [1.29, 1.82) is 0 Å². The number of aromatic nitrogens is 2. The van der Waals surface area contributed by atoms with Gasteiger partial charge in [0.1, 0.15) is 0 Å². The van der Waals surface area contributed by atoms with E-state index in [0.29, 0.717) is 0 Å². The number of fused-ring (bicyclic) bond motifs is 1. The van der Waals surface area contributed by atoms with E-state index in [1.807, 2.05) is 18.2 Å². The molecule has 2 nitrogen and oxygen atoms in total. The Balaban J connectivity index is 0.00000108. The van der Waals surface area contributed by atoms with Crippen LogP contribution in [-0.2, 0) is 20.1 Å². The molecular formula is C14H9IrN2-. The molecule has 0 spiro atoms. The Morgan fingerprint density at radius 2 is 1.82 bits per heavy atom. The number of rotatable bonds is 1. The fourth-order valence-corrected chi connectivity index (χ4v) is 1.70. The molecule has 0 N–H and O–H groups in total. The standard InChI is InChI=1S/C14H9N2.Ir/c1-2-4-12-9-13(6-5-11(12)3-1)14-10-15-7-8-16-14;/h1-8,10H;/q-1;. The average Bonchev–Trinajstić information content (AvgIpc) is 2.39. The molecule has 0 unspecified atom stereocenters. The SMILES string of the molecule is [Ir].[c-]1c(-c2cnccn2)ccc2ccccc12. The molecule has 0 aliphatic rings. The van der Waals surface area contributed by atoms with Crippen LogP contribution in [0.25, 0.3) is 22.0 Å². The van der Waals surface area contributed by atoms with E-state index in [1.165, 1.54) is 5.39 Å². The van der Waals surface area contributed by atoms with Crippen LogP contribution < -0.4 is 0 Å². The maximum Gasteiger partial charge on any atom is 0.0436 e. The Morgan fingerprint density at radius 1 is 0.941 bits per heavy atom. The largest absolute Gasteiger partial charge is 0.292 e. The van der Waals surface area contributed by atoms with Crippen molar-refractivity contribution in [2.75, 3.05) is 0 Å². The Bertz CT molecular complexity index is 623. The summed E-state index contributed by atoms with van der Waals surface area (Å²) in [5.41, 5.74) is 1.83. The third-order valence-corrected chi connectivity index (χ3v) is 2.50. The third kappa shape index (κ3) is 2.41. The van der Waals surface area contributed by atoms with Gasteiger partial charge in [0.05, 0.1) is 0 Å².